The van der Waals surface area contributed by atoms with Crippen LogP contribution in [0.3, 0.4) is 0 Å². The van der Waals surface area contributed by atoms with Gasteiger partial charge < -0.3 is 9.80 Å². The summed E-state index contributed by atoms with van der Waals surface area (Å²) in [6, 6.07) is 3.83. The van der Waals surface area contributed by atoms with Crippen molar-refractivity contribution in [1.29, 1.82) is 0 Å². The molecule has 0 amide bonds. The smallest absolute Gasteiger partial charge is 0.225 e. The molecule has 7 nitrogen and oxygen atoms in total. The minimum absolute atomic E-state index is 0.201. The third-order valence-corrected chi connectivity index (χ3v) is 6.19. The van der Waals surface area contributed by atoms with E-state index in [-0.39, 0.29) is 5.78 Å². The molecule has 0 bridgehead atoms. The summed E-state index contributed by atoms with van der Waals surface area (Å²) < 4.78 is 2.09. The van der Waals surface area contributed by atoms with Crippen LogP contribution < -0.4 is 9.80 Å². The van der Waals surface area contributed by atoms with Crippen molar-refractivity contribution in [2.45, 2.75) is 20.8 Å². The third kappa shape index (κ3) is 3.70. The number of Topliss-reactive ketones (excluding diaryl/α,β-unsaturated/α-hetero) is 1. The molecule has 4 heterocycles. The van der Waals surface area contributed by atoms with Gasteiger partial charge in [-0.15, -0.1) is 11.3 Å². The molecule has 1 aliphatic heterocycles. The number of ketones is 1. The Morgan fingerprint density at radius 3 is 2.54 bits per heavy atom. The van der Waals surface area contributed by atoms with Crippen LogP contribution in [0.5, 0.6) is 0 Å². The van der Waals surface area contributed by atoms with Gasteiger partial charge in [-0.3, -0.25) is 9.36 Å². The molecule has 146 valence electrons. The van der Waals surface area contributed by atoms with Crippen molar-refractivity contribution in [3.63, 3.8) is 0 Å². The van der Waals surface area contributed by atoms with Crippen LogP contribution in [-0.2, 0) is 0 Å². The Morgan fingerprint density at radius 2 is 1.89 bits per heavy atom. The van der Waals surface area contributed by atoms with Crippen LogP contribution in [0.15, 0.2) is 29.9 Å². The van der Waals surface area contributed by atoms with Gasteiger partial charge in [-0.25, -0.2) is 15.0 Å². The lowest BCUT2D eigenvalue weighted by Gasteiger charge is -2.31. The fraction of sp³-hybridized carbons (Fsp3) is 0.400. The summed E-state index contributed by atoms with van der Waals surface area (Å²) in [6.45, 7) is 10.1. The maximum Gasteiger partial charge on any atom is 0.225 e. The van der Waals surface area contributed by atoms with E-state index in [9.17, 15) is 4.79 Å². The molecule has 1 aliphatic rings. The van der Waals surface area contributed by atoms with Gasteiger partial charge in [0, 0.05) is 34.7 Å². The summed E-state index contributed by atoms with van der Waals surface area (Å²) in [5.74, 6) is 0.974. The van der Waals surface area contributed by atoms with E-state index in [1.165, 1.54) is 4.90 Å². The Labute approximate surface area is 168 Å². The van der Waals surface area contributed by atoms with E-state index in [0.29, 0.717) is 6.54 Å². The molecule has 8 heteroatoms. The highest BCUT2D eigenvalue weighted by Gasteiger charge is 2.26. The second-order valence-electron chi connectivity index (χ2n) is 7.28. The van der Waals surface area contributed by atoms with Gasteiger partial charge in [0.2, 0.25) is 11.7 Å². The first-order chi connectivity index (χ1) is 13.5. The summed E-state index contributed by atoms with van der Waals surface area (Å²) in [4.78, 5) is 29.7. The van der Waals surface area contributed by atoms with Crippen molar-refractivity contribution >= 4 is 23.1 Å². The number of aryl methyl sites for hydroxylation is 2. The van der Waals surface area contributed by atoms with Crippen LogP contribution in [-0.4, -0.2) is 58.0 Å². The van der Waals surface area contributed by atoms with Crippen molar-refractivity contribution in [2.75, 3.05) is 37.6 Å². The fourth-order valence-electron chi connectivity index (χ4n) is 3.76. The highest BCUT2D eigenvalue weighted by Crippen LogP contribution is 2.23. The lowest BCUT2D eigenvalue weighted by Crippen LogP contribution is -3.15. The van der Waals surface area contributed by atoms with E-state index in [0.717, 1.165) is 59.9 Å². The molecule has 0 spiro atoms. The van der Waals surface area contributed by atoms with Crippen LogP contribution >= 0.6 is 11.3 Å². The number of quaternary nitrogens is 1. The molecule has 3 aromatic rings. The number of hydrogen-bond donors (Lipinski definition) is 1. The van der Waals surface area contributed by atoms with Crippen molar-refractivity contribution in [3.05, 3.63) is 52.6 Å². The Bertz CT molecular complexity index is 972. The SMILES string of the molecule is Cc1csc(-n2c(C)cc(C(=O)C[NH+]3CCN(c4ncccn4)CC3)c2C)n1. The van der Waals surface area contributed by atoms with Gasteiger partial charge in [0.25, 0.3) is 0 Å². The van der Waals surface area contributed by atoms with Crippen LogP contribution in [0.1, 0.15) is 27.4 Å². The zero-order valence-corrected chi connectivity index (χ0v) is 17.3. The molecule has 0 unspecified atom stereocenters. The zero-order valence-electron chi connectivity index (χ0n) is 16.5. The molecular formula is C20H25N6OS+. The molecule has 1 fully saturated rings. The number of rotatable bonds is 5. The maximum atomic E-state index is 13.0. The molecule has 0 radical (unpaired) electrons. The van der Waals surface area contributed by atoms with E-state index >= 15 is 0 Å². The van der Waals surface area contributed by atoms with Crippen molar-refractivity contribution in [1.82, 2.24) is 19.5 Å². The lowest BCUT2D eigenvalue weighted by atomic mass is 10.1. The maximum absolute atomic E-state index is 13.0. The average Bonchev–Trinajstić information content (AvgIpc) is 3.25. The molecule has 1 saturated heterocycles. The number of carbonyl (C=O) groups excluding carboxylic acids is 1. The molecule has 0 atom stereocenters. The van der Waals surface area contributed by atoms with Crippen LogP contribution in [0, 0.1) is 20.8 Å². The van der Waals surface area contributed by atoms with Crippen LogP contribution in [0.2, 0.25) is 0 Å². The summed E-state index contributed by atoms with van der Waals surface area (Å²) in [7, 11) is 0. The number of aromatic nitrogens is 4. The summed E-state index contributed by atoms with van der Waals surface area (Å²) in [6.07, 6.45) is 3.54. The fourth-order valence-corrected chi connectivity index (χ4v) is 4.67. The molecule has 1 N–H and O–H groups in total. The molecule has 4 rings (SSSR count). The van der Waals surface area contributed by atoms with Crippen LogP contribution in [0.25, 0.3) is 5.13 Å². The van der Waals surface area contributed by atoms with E-state index < -0.39 is 0 Å². The summed E-state index contributed by atoms with van der Waals surface area (Å²) in [5.41, 5.74) is 3.85. The highest BCUT2D eigenvalue weighted by atomic mass is 32.1. The molecule has 0 aliphatic carbocycles. The summed E-state index contributed by atoms with van der Waals surface area (Å²) in [5, 5.41) is 2.96. The minimum atomic E-state index is 0.201. The predicted molar refractivity (Wildman–Crippen MR) is 110 cm³/mol. The van der Waals surface area contributed by atoms with E-state index in [4.69, 9.17) is 0 Å². The van der Waals surface area contributed by atoms with Crippen molar-refractivity contribution in [2.24, 2.45) is 0 Å². The first-order valence-corrected chi connectivity index (χ1v) is 10.4. The Balaban J connectivity index is 1.42. The first-order valence-electron chi connectivity index (χ1n) is 9.53. The zero-order chi connectivity index (χ0) is 19.7. The second-order valence-corrected chi connectivity index (χ2v) is 8.11. The van der Waals surface area contributed by atoms with Crippen molar-refractivity contribution < 1.29 is 9.69 Å². The van der Waals surface area contributed by atoms with Gasteiger partial charge in [0.1, 0.15) is 6.54 Å². The molecule has 0 aromatic carbocycles. The van der Waals surface area contributed by atoms with Gasteiger partial charge >= 0.3 is 0 Å². The quantitative estimate of drug-likeness (QED) is 0.656. The highest BCUT2D eigenvalue weighted by molar-refractivity contribution is 7.12. The molecule has 28 heavy (non-hydrogen) atoms. The standard InChI is InChI=1S/C20H24N6OS/c1-14-13-28-20(23-14)26-15(2)11-17(16(26)3)18(27)12-24-7-9-25(10-8-24)19-21-5-4-6-22-19/h4-6,11,13H,7-10,12H2,1-3H3/p+1. The van der Waals surface area contributed by atoms with Gasteiger partial charge in [-0.05, 0) is 32.9 Å². The normalized spacial score (nSPS) is 15.2. The van der Waals surface area contributed by atoms with E-state index in [2.05, 4.69) is 24.4 Å². The number of nitrogens with one attached hydrogen (secondary N) is 1. The molecule has 0 saturated carbocycles. The van der Waals surface area contributed by atoms with Crippen LogP contribution in [0.4, 0.5) is 5.95 Å². The minimum Gasteiger partial charge on any atom is -0.330 e. The Morgan fingerprint density at radius 1 is 1.18 bits per heavy atom. The largest absolute Gasteiger partial charge is 0.330 e. The lowest BCUT2D eigenvalue weighted by molar-refractivity contribution is -0.892. The molecule has 3 aromatic heterocycles. The number of piperazine rings is 1. The summed E-state index contributed by atoms with van der Waals surface area (Å²) >= 11 is 1.61. The van der Waals surface area contributed by atoms with Gasteiger partial charge in [0.05, 0.1) is 31.9 Å². The number of hydrogen-bond acceptors (Lipinski definition) is 6. The Kier molecular flexibility index (Phi) is 5.23. The first kappa shape index (κ1) is 18.8. The van der Waals surface area contributed by atoms with E-state index in [1.54, 1.807) is 23.7 Å². The third-order valence-electron chi connectivity index (χ3n) is 5.25. The van der Waals surface area contributed by atoms with Gasteiger partial charge in [-0.1, -0.05) is 0 Å². The monoisotopic (exact) mass is 397 g/mol. The van der Waals surface area contributed by atoms with Gasteiger partial charge in [0.15, 0.2) is 5.13 Å². The Hall–Kier alpha value is -2.58. The number of thiazole rings is 1. The topological polar surface area (TPSA) is 68.3 Å². The second kappa shape index (κ2) is 7.81. The van der Waals surface area contributed by atoms with Crippen molar-refractivity contribution in [3.8, 4) is 5.13 Å². The predicted octanol–water partition coefficient (Wildman–Crippen LogP) is 1.24. The number of nitrogens with zero attached hydrogens (tertiary/aromatic N) is 5. The number of carbonyl (C=O) groups is 1. The van der Waals surface area contributed by atoms with E-state index in [1.807, 2.05) is 38.3 Å². The average molecular weight is 398 g/mol. The number of anilines is 1. The van der Waals surface area contributed by atoms with Gasteiger partial charge in [-0.2, -0.15) is 0 Å². The molecular weight excluding hydrogens is 372 g/mol.